The quantitative estimate of drug-likeness (QED) is 0.351. The fourth-order valence-electron chi connectivity index (χ4n) is 2.99. The molecule has 0 spiro atoms. The van der Waals surface area contributed by atoms with E-state index in [0.717, 1.165) is 6.54 Å². The van der Waals surface area contributed by atoms with Crippen LogP contribution in [0.4, 0.5) is 5.69 Å². The van der Waals surface area contributed by atoms with E-state index in [9.17, 15) is 0 Å². The highest BCUT2D eigenvalue weighted by atomic mass is 35.5. The van der Waals surface area contributed by atoms with E-state index in [1.165, 1.54) is 28.1 Å². The number of nitrogens with zero attached hydrogens (tertiary/aromatic N) is 3. The molecule has 0 aliphatic rings. The second-order valence-corrected chi connectivity index (χ2v) is 8.49. The van der Waals surface area contributed by atoms with Crippen LogP contribution >= 0.6 is 11.6 Å². The summed E-state index contributed by atoms with van der Waals surface area (Å²) in [5, 5.41) is 0. The van der Waals surface area contributed by atoms with Crippen molar-refractivity contribution >= 4 is 50.6 Å². The topological polar surface area (TPSA) is 69.2 Å². The first-order valence-electron chi connectivity index (χ1n) is 9.01. The van der Waals surface area contributed by atoms with Crippen LogP contribution in [0.3, 0.4) is 0 Å². The summed E-state index contributed by atoms with van der Waals surface area (Å²) >= 11 is 5.80. The Morgan fingerprint density at radius 2 is 1.72 bits per heavy atom. The Balaban J connectivity index is 0.000000537. The molecule has 3 rings (SSSR count). The van der Waals surface area contributed by atoms with Crippen molar-refractivity contribution in [2.24, 2.45) is 14.1 Å². The van der Waals surface area contributed by atoms with Gasteiger partial charge in [-0.2, -0.15) is 0 Å². The Morgan fingerprint density at radius 3 is 2.28 bits per heavy atom. The highest BCUT2D eigenvalue weighted by Gasteiger charge is 2.16. The number of imidazole rings is 1. The molecule has 0 amide bonds. The Labute approximate surface area is 177 Å². The number of para-hydroxylation sites is 2. The average Bonchev–Trinajstić information content (AvgIpc) is 2.90. The highest BCUT2D eigenvalue weighted by molar-refractivity contribution is 7.84. The molecule has 0 aliphatic carbocycles. The number of rotatable bonds is 5. The van der Waals surface area contributed by atoms with E-state index < -0.39 is 10.1 Å². The molecule has 0 N–H and O–H groups in total. The number of aryl methyl sites for hydroxylation is 2. The van der Waals surface area contributed by atoms with Gasteiger partial charge in [0.05, 0.1) is 24.2 Å². The fraction of sp³-hybridized carbons (Fsp3) is 0.286. The SMILES string of the molecule is CN(CCCl)c1ccc(/C=C/c2n(C)c3ccccc3[n+]2C)cc1.CS(=O)(=O)[O-]. The Morgan fingerprint density at radius 1 is 1.14 bits per heavy atom. The second-order valence-electron chi connectivity index (χ2n) is 6.70. The van der Waals surface area contributed by atoms with Gasteiger partial charge in [-0.15, -0.1) is 11.6 Å². The van der Waals surface area contributed by atoms with Gasteiger partial charge in [-0.25, -0.2) is 17.6 Å². The van der Waals surface area contributed by atoms with E-state index in [-0.39, 0.29) is 0 Å². The van der Waals surface area contributed by atoms with Gasteiger partial charge in [0.2, 0.25) is 0 Å². The summed E-state index contributed by atoms with van der Waals surface area (Å²) in [4.78, 5) is 2.16. The zero-order chi connectivity index (χ0) is 21.6. The first-order valence-corrected chi connectivity index (χ1v) is 11.4. The number of alkyl halides is 1. The van der Waals surface area contributed by atoms with E-state index in [0.29, 0.717) is 12.1 Å². The highest BCUT2D eigenvalue weighted by Crippen LogP contribution is 2.17. The molecule has 3 aromatic rings. The third kappa shape index (κ3) is 6.59. The van der Waals surface area contributed by atoms with E-state index >= 15 is 0 Å². The van der Waals surface area contributed by atoms with Crippen molar-refractivity contribution in [3.63, 3.8) is 0 Å². The van der Waals surface area contributed by atoms with E-state index in [2.05, 4.69) is 95.9 Å². The normalized spacial score (nSPS) is 11.5. The lowest BCUT2D eigenvalue weighted by Gasteiger charge is -2.17. The summed E-state index contributed by atoms with van der Waals surface area (Å²) in [6.45, 7) is 0.850. The smallest absolute Gasteiger partial charge is 0.281 e. The van der Waals surface area contributed by atoms with Crippen molar-refractivity contribution in [1.82, 2.24) is 4.57 Å². The molecule has 0 bridgehead atoms. The average molecular weight is 436 g/mol. The van der Waals surface area contributed by atoms with Crippen LogP contribution in [-0.4, -0.2) is 43.3 Å². The first kappa shape index (κ1) is 22.9. The molecule has 0 aliphatic heterocycles. The number of hydrogen-bond acceptors (Lipinski definition) is 4. The number of halogens is 1. The molecular formula is C21H26ClN3O3S. The second kappa shape index (κ2) is 9.91. The molecule has 2 aromatic carbocycles. The van der Waals surface area contributed by atoms with Crippen LogP contribution in [0.1, 0.15) is 11.4 Å². The van der Waals surface area contributed by atoms with Crippen molar-refractivity contribution < 1.29 is 17.5 Å². The Bertz CT molecular complexity index is 1040. The van der Waals surface area contributed by atoms with Crippen molar-refractivity contribution in [2.45, 2.75) is 0 Å². The molecule has 0 saturated heterocycles. The minimum atomic E-state index is -3.92. The van der Waals surface area contributed by atoms with Crippen LogP contribution < -0.4 is 9.47 Å². The summed E-state index contributed by atoms with van der Waals surface area (Å²) in [6, 6.07) is 17.0. The van der Waals surface area contributed by atoms with Gasteiger partial charge in [-0.1, -0.05) is 24.3 Å². The van der Waals surface area contributed by atoms with Crippen molar-refractivity contribution in [2.75, 3.05) is 30.6 Å². The monoisotopic (exact) mass is 435 g/mol. The van der Waals surface area contributed by atoms with Gasteiger partial charge in [0.15, 0.2) is 11.0 Å². The minimum absolute atomic E-state index is 0.604. The molecular weight excluding hydrogens is 410 g/mol. The molecule has 6 nitrogen and oxygen atoms in total. The van der Waals surface area contributed by atoms with Gasteiger partial charge in [-0.05, 0) is 35.9 Å². The van der Waals surface area contributed by atoms with E-state index in [1.54, 1.807) is 0 Å². The molecule has 0 unspecified atom stereocenters. The minimum Gasteiger partial charge on any atom is -0.748 e. The largest absolute Gasteiger partial charge is 0.748 e. The van der Waals surface area contributed by atoms with E-state index in [4.69, 9.17) is 24.6 Å². The molecule has 1 heterocycles. The van der Waals surface area contributed by atoms with Gasteiger partial charge in [0.25, 0.3) is 5.82 Å². The number of aromatic nitrogens is 2. The van der Waals surface area contributed by atoms with Crippen molar-refractivity contribution in [3.05, 3.63) is 59.9 Å². The molecule has 0 radical (unpaired) electrons. The summed E-state index contributed by atoms with van der Waals surface area (Å²) in [5.41, 5.74) is 4.83. The van der Waals surface area contributed by atoms with Crippen LogP contribution in [0.25, 0.3) is 23.2 Å². The summed E-state index contributed by atoms with van der Waals surface area (Å²) in [6.07, 6.45) is 4.92. The van der Waals surface area contributed by atoms with Gasteiger partial charge >= 0.3 is 0 Å². The number of anilines is 1. The predicted molar refractivity (Wildman–Crippen MR) is 119 cm³/mol. The molecule has 0 atom stereocenters. The lowest BCUT2D eigenvalue weighted by Crippen LogP contribution is -2.30. The van der Waals surface area contributed by atoms with Gasteiger partial charge < -0.3 is 9.45 Å². The predicted octanol–water partition coefficient (Wildman–Crippen LogP) is 3.01. The maximum Gasteiger partial charge on any atom is 0.281 e. The number of fused-ring (bicyclic) bond motifs is 1. The number of hydrogen-bond donors (Lipinski definition) is 0. The molecule has 0 saturated carbocycles. The van der Waals surface area contributed by atoms with Crippen molar-refractivity contribution in [3.8, 4) is 0 Å². The van der Waals surface area contributed by atoms with E-state index in [1.807, 2.05) is 0 Å². The Kier molecular flexibility index (Phi) is 7.84. The molecule has 1 aromatic heterocycles. The zero-order valence-corrected chi connectivity index (χ0v) is 18.6. The molecule has 0 fully saturated rings. The van der Waals surface area contributed by atoms with Gasteiger partial charge in [-0.3, -0.25) is 0 Å². The fourth-order valence-corrected chi connectivity index (χ4v) is 3.25. The first-order chi connectivity index (χ1) is 13.6. The molecule has 8 heteroatoms. The summed E-state index contributed by atoms with van der Waals surface area (Å²) in [5.74, 6) is 1.80. The van der Waals surface area contributed by atoms with Crippen LogP contribution in [0, 0.1) is 0 Å². The molecule has 29 heavy (non-hydrogen) atoms. The molecule has 156 valence electrons. The standard InChI is InChI=1S/C20H23ClN3.CH4O3S/c1-22(15-14-21)17-11-8-16(9-12-17)10-13-20-23(2)18-6-4-5-7-19(18)24(20)3;1-5(2,3)4/h4-13H,14-15H2,1-3H3;1H3,(H,2,3,4)/q+1;/p-1. The lowest BCUT2D eigenvalue weighted by molar-refractivity contribution is -0.647. The number of benzene rings is 2. The third-order valence-electron chi connectivity index (χ3n) is 4.47. The van der Waals surface area contributed by atoms with Crippen LogP contribution in [0.2, 0.25) is 0 Å². The van der Waals surface area contributed by atoms with Gasteiger partial charge in [0.1, 0.15) is 0 Å². The summed E-state index contributed by atoms with van der Waals surface area (Å²) in [7, 11) is 2.35. The van der Waals surface area contributed by atoms with Crippen LogP contribution in [0.5, 0.6) is 0 Å². The zero-order valence-electron chi connectivity index (χ0n) is 17.0. The maximum atomic E-state index is 9.08. The third-order valence-corrected chi connectivity index (χ3v) is 4.64. The van der Waals surface area contributed by atoms with Crippen LogP contribution in [-0.2, 0) is 24.2 Å². The maximum absolute atomic E-state index is 9.08. The lowest BCUT2D eigenvalue weighted by atomic mass is 10.2. The van der Waals surface area contributed by atoms with Gasteiger partial charge in [0, 0.05) is 37.5 Å². The van der Waals surface area contributed by atoms with Crippen molar-refractivity contribution in [1.29, 1.82) is 0 Å². The summed E-state index contributed by atoms with van der Waals surface area (Å²) < 4.78 is 31.7. The Hall–Kier alpha value is -2.35. The van der Waals surface area contributed by atoms with Crippen LogP contribution in [0.15, 0.2) is 48.5 Å².